The number of H-pyrrole nitrogens is 1. The highest BCUT2D eigenvalue weighted by molar-refractivity contribution is 6.28. The third-order valence-corrected chi connectivity index (χ3v) is 2.99. The van der Waals surface area contributed by atoms with Crippen LogP contribution in [0.15, 0.2) is 22.7 Å². The second-order valence-corrected chi connectivity index (χ2v) is 4.63. The molecule has 3 rings (SSSR count). The first-order valence-corrected chi connectivity index (χ1v) is 6.21. The predicted octanol–water partition coefficient (Wildman–Crippen LogP) is 3.08. The van der Waals surface area contributed by atoms with Crippen LogP contribution < -0.4 is 5.32 Å². The number of aryl methyl sites for hydroxylation is 1. The fraction of sp³-hybridized carbons (Fsp3) is 0.250. The van der Waals surface area contributed by atoms with E-state index in [1.54, 1.807) is 6.20 Å². The minimum Gasteiger partial charge on any atom is -0.464 e. The first-order valence-electron chi connectivity index (χ1n) is 5.83. The van der Waals surface area contributed by atoms with E-state index in [-0.39, 0.29) is 11.3 Å². The summed E-state index contributed by atoms with van der Waals surface area (Å²) in [5.41, 5.74) is 0.602. The maximum absolute atomic E-state index is 5.88. The highest BCUT2D eigenvalue weighted by Crippen LogP contribution is 2.25. The Labute approximate surface area is 114 Å². The van der Waals surface area contributed by atoms with Crippen LogP contribution in [0.25, 0.3) is 11.0 Å². The molecule has 6 nitrogen and oxygen atoms in total. The van der Waals surface area contributed by atoms with Crippen LogP contribution >= 0.6 is 11.6 Å². The SMILES string of the molecule is Cc1ccc(C(C)Nc2nc(Cl)nc3[nH]ncc23)o1. The number of anilines is 1. The lowest BCUT2D eigenvalue weighted by Gasteiger charge is -2.12. The largest absolute Gasteiger partial charge is 0.464 e. The molecule has 0 fully saturated rings. The number of nitrogens with zero attached hydrogens (tertiary/aromatic N) is 3. The lowest BCUT2D eigenvalue weighted by atomic mass is 10.2. The van der Waals surface area contributed by atoms with E-state index in [9.17, 15) is 0 Å². The lowest BCUT2D eigenvalue weighted by molar-refractivity contribution is 0.466. The summed E-state index contributed by atoms with van der Waals surface area (Å²) >= 11 is 5.88. The monoisotopic (exact) mass is 277 g/mol. The fourth-order valence-corrected chi connectivity index (χ4v) is 2.05. The van der Waals surface area contributed by atoms with E-state index in [2.05, 4.69) is 25.5 Å². The standard InChI is InChI=1S/C12H12ClN5O/c1-6-3-4-9(19-6)7(2)15-10-8-5-14-18-11(8)17-12(13)16-10/h3-5,7H,1-2H3,(H2,14,15,16,17,18). The van der Waals surface area contributed by atoms with Gasteiger partial charge in [-0.3, -0.25) is 5.10 Å². The van der Waals surface area contributed by atoms with Gasteiger partial charge >= 0.3 is 0 Å². The molecule has 3 aromatic heterocycles. The first-order chi connectivity index (χ1) is 9.13. The molecule has 0 spiro atoms. The van der Waals surface area contributed by atoms with Crippen molar-refractivity contribution < 1.29 is 4.42 Å². The molecule has 0 saturated carbocycles. The Balaban J connectivity index is 1.94. The summed E-state index contributed by atoms with van der Waals surface area (Å²) in [6, 6.07) is 3.83. The van der Waals surface area contributed by atoms with E-state index in [0.29, 0.717) is 11.5 Å². The van der Waals surface area contributed by atoms with Gasteiger partial charge in [0.1, 0.15) is 17.3 Å². The second kappa shape index (κ2) is 4.55. The van der Waals surface area contributed by atoms with Crippen molar-refractivity contribution in [2.75, 3.05) is 5.32 Å². The van der Waals surface area contributed by atoms with Crippen molar-refractivity contribution in [3.8, 4) is 0 Å². The van der Waals surface area contributed by atoms with Gasteiger partial charge in [-0.15, -0.1) is 0 Å². The maximum atomic E-state index is 5.88. The zero-order valence-electron chi connectivity index (χ0n) is 10.4. The van der Waals surface area contributed by atoms with Crippen molar-refractivity contribution in [1.82, 2.24) is 20.2 Å². The minimum atomic E-state index is -0.0298. The number of nitrogens with one attached hydrogen (secondary N) is 2. The Bertz CT molecular complexity index is 720. The van der Waals surface area contributed by atoms with Gasteiger partial charge in [0.2, 0.25) is 5.28 Å². The van der Waals surface area contributed by atoms with Gasteiger partial charge in [-0.05, 0) is 37.6 Å². The molecule has 0 saturated heterocycles. The summed E-state index contributed by atoms with van der Waals surface area (Å²) in [6.45, 7) is 3.90. The molecular weight excluding hydrogens is 266 g/mol. The van der Waals surface area contributed by atoms with E-state index in [0.717, 1.165) is 16.9 Å². The van der Waals surface area contributed by atoms with E-state index in [4.69, 9.17) is 16.0 Å². The first kappa shape index (κ1) is 12.0. The van der Waals surface area contributed by atoms with Gasteiger partial charge in [-0.1, -0.05) is 0 Å². The van der Waals surface area contributed by atoms with Crippen molar-refractivity contribution in [3.05, 3.63) is 35.1 Å². The molecule has 0 amide bonds. The number of aromatic nitrogens is 4. The zero-order chi connectivity index (χ0) is 13.4. The summed E-state index contributed by atoms with van der Waals surface area (Å²) in [5.74, 6) is 2.34. The van der Waals surface area contributed by atoms with Gasteiger partial charge in [0.25, 0.3) is 0 Å². The molecule has 3 aromatic rings. The summed E-state index contributed by atoms with van der Waals surface area (Å²) in [4.78, 5) is 8.24. The number of fused-ring (bicyclic) bond motifs is 1. The van der Waals surface area contributed by atoms with E-state index < -0.39 is 0 Å². The average Bonchev–Trinajstić information content (AvgIpc) is 2.97. The van der Waals surface area contributed by atoms with Crippen LogP contribution in [0.3, 0.4) is 0 Å². The molecule has 0 radical (unpaired) electrons. The molecule has 0 aliphatic rings. The average molecular weight is 278 g/mol. The minimum absolute atomic E-state index is 0.0298. The van der Waals surface area contributed by atoms with Gasteiger partial charge in [0.15, 0.2) is 5.65 Å². The Hall–Kier alpha value is -2.08. The molecule has 98 valence electrons. The molecular formula is C12H12ClN5O. The Morgan fingerprint density at radius 1 is 1.37 bits per heavy atom. The molecule has 0 bridgehead atoms. The highest BCUT2D eigenvalue weighted by Gasteiger charge is 2.14. The summed E-state index contributed by atoms with van der Waals surface area (Å²) < 4.78 is 5.58. The van der Waals surface area contributed by atoms with Crippen molar-refractivity contribution in [2.24, 2.45) is 0 Å². The number of hydrogen-bond donors (Lipinski definition) is 2. The molecule has 0 aliphatic carbocycles. The third kappa shape index (κ3) is 2.26. The highest BCUT2D eigenvalue weighted by atomic mass is 35.5. The van der Waals surface area contributed by atoms with E-state index in [1.165, 1.54) is 0 Å². The van der Waals surface area contributed by atoms with Crippen LogP contribution in [0.1, 0.15) is 24.5 Å². The molecule has 3 heterocycles. The van der Waals surface area contributed by atoms with Gasteiger partial charge in [0, 0.05) is 0 Å². The van der Waals surface area contributed by atoms with Crippen molar-refractivity contribution in [1.29, 1.82) is 0 Å². The van der Waals surface area contributed by atoms with Crippen LogP contribution in [0, 0.1) is 6.92 Å². The quantitative estimate of drug-likeness (QED) is 0.719. The number of hydrogen-bond acceptors (Lipinski definition) is 5. The van der Waals surface area contributed by atoms with Crippen LogP contribution in [0.2, 0.25) is 5.28 Å². The van der Waals surface area contributed by atoms with Crippen LogP contribution in [-0.2, 0) is 0 Å². The number of furan rings is 1. The van der Waals surface area contributed by atoms with Gasteiger partial charge in [0.05, 0.1) is 17.6 Å². The number of halogens is 1. The zero-order valence-corrected chi connectivity index (χ0v) is 11.2. The Morgan fingerprint density at radius 3 is 2.95 bits per heavy atom. The molecule has 19 heavy (non-hydrogen) atoms. The van der Waals surface area contributed by atoms with Crippen molar-refractivity contribution in [2.45, 2.75) is 19.9 Å². The summed E-state index contributed by atoms with van der Waals surface area (Å²) in [5, 5.41) is 10.9. The van der Waals surface area contributed by atoms with Gasteiger partial charge < -0.3 is 9.73 Å². The number of rotatable bonds is 3. The fourth-order valence-electron chi connectivity index (χ4n) is 1.88. The van der Waals surface area contributed by atoms with Gasteiger partial charge in [-0.25, -0.2) is 0 Å². The third-order valence-electron chi connectivity index (χ3n) is 2.82. The smallest absolute Gasteiger partial charge is 0.226 e. The molecule has 0 aliphatic heterocycles. The second-order valence-electron chi connectivity index (χ2n) is 4.29. The summed E-state index contributed by atoms with van der Waals surface area (Å²) in [7, 11) is 0. The topological polar surface area (TPSA) is 79.6 Å². The summed E-state index contributed by atoms with van der Waals surface area (Å²) in [6.07, 6.45) is 1.66. The molecule has 7 heteroatoms. The molecule has 2 N–H and O–H groups in total. The van der Waals surface area contributed by atoms with Crippen LogP contribution in [0.5, 0.6) is 0 Å². The Kier molecular flexibility index (Phi) is 2.87. The van der Waals surface area contributed by atoms with Crippen molar-refractivity contribution >= 4 is 28.5 Å². The van der Waals surface area contributed by atoms with Crippen LogP contribution in [-0.4, -0.2) is 20.2 Å². The molecule has 1 atom stereocenters. The molecule has 0 aromatic carbocycles. The van der Waals surface area contributed by atoms with Gasteiger partial charge in [-0.2, -0.15) is 15.1 Å². The normalized spacial score (nSPS) is 12.8. The van der Waals surface area contributed by atoms with Crippen molar-refractivity contribution in [3.63, 3.8) is 0 Å². The van der Waals surface area contributed by atoms with E-state index >= 15 is 0 Å². The maximum Gasteiger partial charge on any atom is 0.226 e. The predicted molar refractivity (Wildman–Crippen MR) is 72.2 cm³/mol. The Morgan fingerprint density at radius 2 is 2.21 bits per heavy atom. The van der Waals surface area contributed by atoms with E-state index in [1.807, 2.05) is 26.0 Å². The van der Waals surface area contributed by atoms with Crippen LogP contribution in [0.4, 0.5) is 5.82 Å². The molecule has 1 unspecified atom stereocenters. The lowest BCUT2D eigenvalue weighted by Crippen LogP contribution is -2.08. The number of aromatic amines is 1.